The van der Waals surface area contributed by atoms with E-state index >= 15 is 0 Å². The molecule has 1 aliphatic rings. The number of terminal acetylenes is 1. The van der Waals surface area contributed by atoms with Crippen LogP contribution in [0, 0.1) is 12.3 Å². The summed E-state index contributed by atoms with van der Waals surface area (Å²) in [5, 5.41) is -0.266. The van der Waals surface area contributed by atoms with Gasteiger partial charge in [-0.25, -0.2) is 0 Å². The van der Waals surface area contributed by atoms with Crippen LogP contribution in [0.3, 0.4) is 0 Å². The smallest absolute Gasteiger partial charge is 0.293 e. The van der Waals surface area contributed by atoms with E-state index in [-0.39, 0.29) is 24.3 Å². The van der Waals surface area contributed by atoms with Gasteiger partial charge in [-0.3, -0.25) is 14.5 Å². The van der Waals surface area contributed by atoms with Crippen LogP contribution in [0.25, 0.3) is 6.08 Å². The molecule has 0 atom stereocenters. The Morgan fingerprint density at radius 3 is 2.46 bits per heavy atom. The maximum atomic E-state index is 12.6. The predicted molar refractivity (Wildman–Crippen MR) is 106 cm³/mol. The average molecular weight is 428 g/mol. The summed E-state index contributed by atoms with van der Waals surface area (Å²) in [5.41, 5.74) is 1.71. The minimum Gasteiger partial charge on any atom is -0.481 e. The van der Waals surface area contributed by atoms with E-state index in [0.29, 0.717) is 10.7 Å². The van der Waals surface area contributed by atoms with Crippen molar-refractivity contribution in [2.24, 2.45) is 0 Å². The Labute approximate surface area is 164 Å². The SMILES string of the molecule is C#CCOc1ccc(/C=C2\SC(=O)N(Cc3ccc(Br)cc3)C2=O)cc1. The second-order valence-corrected chi connectivity index (χ2v) is 7.37. The summed E-state index contributed by atoms with van der Waals surface area (Å²) >= 11 is 4.32. The van der Waals surface area contributed by atoms with Crippen molar-refractivity contribution in [1.29, 1.82) is 0 Å². The molecule has 3 rings (SSSR count). The molecule has 2 aromatic rings. The molecule has 0 radical (unpaired) electrons. The zero-order chi connectivity index (χ0) is 18.5. The van der Waals surface area contributed by atoms with E-state index in [1.54, 1.807) is 18.2 Å². The van der Waals surface area contributed by atoms with Crippen LogP contribution in [0.2, 0.25) is 0 Å². The Balaban J connectivity index is 1.72. The fourth-order valence-electron chi connectivity index (χ4n) is 2.35. The second kappa shape index (κ2) is 8.26. The highest BCUT2D eigenvalue weighted by atomic mass is 79.9. The Bertz CT molecular complexity index is 898. The van der Waals surface area contributed by atoms with Crippen molar-refractivity contribution in [3.05, 3.63) is 69.0 Å². The molecule has 1 heterocycles. The molecule has 0 N–H and O–H groups in total. The number of hydrogen-bond donors (Lipinski definition) is 0. The van der Waals surface area contributed by atoms with Crippen molar-refractivity contribution in [1.82, 2.24) is 4.90 Å². The Kier molecular flexibility index (Phi) is 5.82. The lowest BCUT2D eigenvalue weighted by molar-refractivity contribution is -0.123. The summed E-state index contributed by atoms with van der Waals surface area (Å²) in [4.78, 5) is 26.4. The molecule has 1 fully saturated rings. The predicted octanol–water partition coefficient (Wildman–Crippen LogP) is 4.70. The summed E-state index contributed by atoms with van der Waals surface area (Å²) in [5.74, 6) is 2.77. The van der Waals surface area contributed by atoms with Crippen LogP contribution in [-0.2, 0) is 11.3 Å². The molecule has 0 saturated carbocycles. The minimum absolute atomic E-state index is 0.203. The Morgan fingerprint density at radius 1 is 1.12 bits per heavy atom. The molecule has 0 spiro atoms. The van der Waals surface area contributed by atoms with E-state index < -0.39 is 0 Å². The molecule has 0 aliphatic carbocycles. The second-order valence-electron chi connectivity index (χ2n) is 5.46. The van der Waals surface area contributed by atoms with Crippen molar-refractivity contribution in [2.45, 2.75) is 6.54 Å². The number of amides is 2. The van der Waals surface area contributed by atoms with Crippen molar-refractivity contribution in [3.8, 4) is 18.1 Å². The highest BCUT2D eigenvalue weighted by molar-refractivity contribution is 9.10. The van der Waals surface area contributed by atoms with Gasteiger partial charge >= 0.3 is 0 Å². The van der Waals surface area contributed by atoms with Gasteiger partial charge in [0.1, 0.15) is 12.4 Å². The third-order valence-corrected chi connectivity index (χ3v) is 5.06. The summed E-state index contributed by atoms with van der Waals surface area (Å²) in [6.45, 7) is 0.461. The molecule has 0 bridgehead atoms. The molecule has 130 valence electrons. The standard InChI is InChI=1S/C20H14BrNO3S/c1-2-11-25-17-9-5-14(6-10-17)12-18-19(23)22(20(24)26-18)13-15-3-7-16(21)8-4-15/h1,3-10,12H,11,13H2/b18-12-. The molecular formula is C20H14BrNO3S. The summed E-state index contributed by atoms with van der Waals surface area (Å²) in [7, 11) is 0. The molecule has 4 nitrogen and oxygen atoms in total. The quantitative estimate of drug-likeness (QED) is 0.512. The zero-order valence-corrected chi connectivity index (χ0v) is 16.0. The Morgan fingerprint density at radius 2 is 1.81 bits per heavy atom. The first kappa shape index (κ1) is 18.3. The number of ether oxygens (including phenoxy) is 1. The first-order chi connectivity index (χ1) is 12.6. The van der Waals surface area contributed by atoms with Gasteiger partial charge < -0.3 is 4.74 Å². The van der Waals surface area contributed by atoms with E-state index in [4.69, 9.17) is 11.2 Å². The summed E-state index contributed by atoms with van der Waals surface area (Å²) in [6.07, 6.45) is 6.86. The van der Waals surface area contributed by atoms with Crippen molar-refractivity contribution < 1.29 is 14.3 Å². The minimum atomic E-state index is -0.282. The van der Waals surface area contributed by atoms with Crippen LogP contribution >= 0.6 is 27.7 Å². The number of hydrogen-bond acceptors (Lipinski definition) is 4. The van der Waals surface area contributed by atoms with Gasteiger partial charge in [0, 0.05) is 4.47 Å². The Hall–Kier alpha value is -2.49. The van der Waals surface area contributed by atoms with Crippen molar-refractivity contribution in [3.63, 3.8) is 0 Å². The summed E-state index contributed by atoms with van der Waals surface area (Å²) in [6, 6.07) is 14.7. The van der Waals surface area contributed by atoms with E-state index in [0.717, 1.165) is 27.4 Å². The molecule has 1 saturated heterocycles. The van der Waals surface area contributed by atoms with Gasteiger partial charge in [-0.15, -0.1) is 6.42 Å². The molecule has 2 aromatic carbocycles. The van der Waals surface area contributed by atoms with Gasteiger partial charge in [0.15, 0.2) is 0 Å². The monoisotopic (exact) mass is 427 g/mol. The molecule has 0 unspecified atom stereocenters. The molecule has 6 heteroatoms. The highest BCUT2D eigenvalue weighted by Crippen LogP contribution is 2.33. The number of thioether (sulfide) groups is 1. The maximum Gasteiger partial charge on any atom is 0.293 e. The van der Waals surface area contributed by atoms with Gasteiger partial charge in [0.2, 0.25) is 0 Å². The van der Waals surface area contributed by atoms with Crippen LogP contribution in [0.1, 0.15) is 11.1 Å². The summed E-state index contributed by atoms with van der Waals surface area (Å²) < 4.78 is 6.26. The number of carbonyl (C=O) groups excluding carboxylic acids is 2. The van der Waals surface area contributed by atoms with E-state index in [9.17, 15) is 9.59 Å². The highest BCUT2D eigenvalue weighted by Gasteiger charge is 2.34. The van der Waals surface area contributed by atoms with Crippen LogP contribution in [0.4, 0.5) is 4.79 Å². The lowest BCUT2D eigenvalue weighted by Crippen LogP contribution is -2.27. The molecule has 2 amide bonds. The fraction of sp³-hybridized carbons (Fsp3) is 0.100. The van der Waals surface area contributed by atoms with Crippen molar-refractivity contribution >= 4 is 44.9 Å². The lowest BCUT2D eigenvalue weighted by atomic mass is 10.2. The third kappa shape index (κ3) is 4.37. The fourth-order valence-corrected chi connectivity index (χ4v) is 3.45. The van der Waals surface area contributed by atoms with Gasteiger partial charge in [-0.05, 0) is 53.2 Å². The van der Waals surface area contributed by atoms with Crippen LogP contribution in [0.15, 0.2) is 57.9 Å². The number of benzene rings is 2. The first-order valence-electron chi connectivity index (χ1n) is 7.73. The maximum absolute atomic E-state index is 12.6. The number of halogens is 1. The number of nitrogens with zero attached hydrogens (tertiary/aromatic N) is 1. The van der Waals surface area contributed by atoms with E-state index in [1.807, 2.05) is 36.4 Å². The topological polar surface area (TPSA) is 46.6 Å². The first-order valence-corrected chi connectivity index (χ1v) is 9.34. The lowest BCUT2D eigenvalue weighted by Gasteiger charge is -2.12. The van der Waals surface area contributed by atoms with Gasteiger partial charge in [-0.1, -0.05) is 46.1 Å². The van der Waals surface area contributed by atoms with Gasteiger partial charge in [-0.2, -0.15) is 0 Å². The normalized spacial score (nSPS) is 15.4. The molecule has 26 heavy (non-hydrogen) atoms. The third-order valence-electron chi connectivity index (χ3n) is 3.63. The van der Waals surface area contributed by atoms with Crippen LogP contribution in [-0.4, -0.2) is 22.7 Å². The van der Waals surface area contributed by atoms with Crippen LogP contribution in [0.5, 0.6) is 5.75 Å². The van der Waals surface area contributed by atoms with Crippen LogP contribution < -0.4 is 4.74 Å². The number of imide groups is 1. The van der Waals surface area contributed by atoms with E-state index in [2.05, 4.69) is 21.9 Å². The van der Waals surface area contributed by atoms with Gasteiger partial charge in [0.05, 0.1) is 11.4 Å². The number of carbonyl (C=O) groups is 2. The average Bonchev–Trinajstić information content (AvgIpc) is 2.90. The zero-order valence-electron chi connectivity index (χ0n) is 13.6. The molecule has 0 aromatic heterocycles. The van der Waals surface area contributed by atoms with Gasteiger partial charge in [0.25, 0.3) is 11.1 Å². The molecular weight excluding hydrogens is 414 g/mol. The number of rotatable bonds is 5. The molecule has 1 aliphatic heterocycles. The van der Waals surface area contributed by atoms with E-state index in [1.165, 1.54) is 4.90 Å². The largest absolute Gasteiger partial charge is 0.481 e. The van der Waals surface area contributed by atoms with Crippen molar-refractivity contribution in [2.75, 3.05) is 6.61 Å².